The van der Waals surface area contributed by atoms with Crippen LogP contribution in [0.4, 0.5) is 0 Å². The van der Waals surface area contributed by atoms with Crippen molar-refractivity contribution in [2.45, 2.75) is 26.2 Å². The molecular weight excluding hydrogens is 230 g/mol. The molecule has 2 aromatic rings. The van der Waals surface area contributed by atoms with E-state index in [1.165, 1.54) is 18.4 Å². The first-order valence-electron chi connectivity index (χ1n) is 5.90. The zero-order valence-electron chi connectivity index (χ0n) is 10.3. The van der Waals surface area contributed by atoms with Crippen LogP contribution in [0.15, 0.2) is 29.1 Å². The highest BCUT2D eigenvalue weighted by atomic mass is 32.1. The smallest absolute Gasteiger partial charge is 0.128 e. The Labute approximate surface area is 106 Å². The molecule has 2 nitrogen and oxygen atoms in total. The number of thiazole rings is 1. The van der Waals surface area contributed by atoms with Crippen LogP contribution in [0, 0.1) is 0 Å². The lowest BCUT2D eigenvalue weighted by Crippen LogP contribution is -1.91. The van der Waals surface area contributed by atoms with Crippen LogP contribution in [-0.2, 0) is 6.42 Å². The van der Waals surface area contributed by atoms with E-state index in [1.54, 1.807) is 18.4 Å². The molecule has 2 rings (SSSR count). The molecule has 1 heterocycles. The van der Waals surface area contributed by atoms with E-state index in [1.807, 2.05) is 11.6 Å². The van der Waals surface area contributed by atoms with Crippen molar-refractivity contribution in [3.8, 4) is 17.0 Å². The number of nitrogens with zero attached hydrogens (tertiary/aromatic N) is 1. The highest BCUT2D eigenvalue weighted by molar-refractivity contribution is 7.07. The van der Waals surface area contributed by atoms with Crippen LogP contribution in [0.25, 0.3) is 11.3 Å². The lowest BCUT2D eigenvalue weighted by atomic mass is 10.0. The van der Waals surface area contributed by atoms with Gasteiger partial charge in [-0.25, -0.2) is 4.98 Å². The first kappa shape index (κ1) is 12.1. The van der Waals surface area contributed by atoms with Crippen molar-refractivity contribution in [3.63, 3.8) is 0 Å². The van der Waals surface area contributed by atoms with Crippen molar-refractivity contribution in [2.24, 2.45) is 0 Å². The lowest BCUT2D eigenvalue weighted by molar-refractivity contribution is 0.416. The Morgan fingerprint density at radius 1 is 1.35 bits per heavy atom. The van der Waals surface area contributed by atoms with Gasteiger partial charge in [0.15, 0.2) is 0 Å². The van der Waals surface area contributed by atoms with Crippen molar-refractivity contribution in [1.82, 2.24) is 4.98 Å². The summed E-state index contributed by atoms with van der Waals surface area (Å²) in [7, 11) is 1.71. The SMILES string of the molecule is CCCCc1ccc(OC)c(-c2cscn2)c1. The number of aromatic nitrogens is 1. The summed E-state index contributed by atoms with van der Waals surface area (Å²) in [5, 5.41) is 2.06. The maximum absolute atomic E-state index is 5.39. The molecule has 1 aromatic heterocycles. The Bertz CT molecular complexity index is 465. The number of rotatable bonds is 5. The summed E-state index contributed by atoms with van der Waals surface area (Å²) in [4.78, 5) is 4.36. The molecule has 0 fully saturated rings. The van der Waals surface area contributed by atoms with Crippen LogP contribution in [0.1, 0.15) is 25.3 Å². The largest absolute Gasteiger partial charge is 0.496 e. The average Bonchev–Trinajstić information content (AvgIpc) is 2.89. The third kappa shape index (κ3) is 2.86. The van der Waals surface area contributed by atoms with E-state index in [2.05, 4.69) is 29.4 Å². The molecule has 90 valence electrons. The Kier molecular flexibility index (Phi) is 4.15. The molecule has 0 radical (unpaired) electrons. The van der Waals surface area contributed by atoms with E-state index >= 15 is 0 Å². The van der Waals surface area contributed by atoms with Crippen molar-refractivity contribution < 1.29 is 4.74 Å². The highest BCUT2D eigenvalue weighted by Gasteiger charge is 2.08. The van der Waals surface area contributed by atoms with Crippen molar-refractivity contribution >= 4 is 11.3 Å². The Hall–Kier alpha value is -1.35. The highest BCUT2D eigenvalue weighted by Crippen LogP contribution is 2.30. The lowest BCUT2D eigenvalue weighted by Gasteiger charge is -2.09. The van der Waals surface area contributed by atoms with Crippen LogP contribution in [0.3, 0.4) is 0 Å². The summed E-state index contributed by atoms with van der Waals surface area (Å²) in [5.74, 6) is 0.899. The van der Waals surface area contributed by atoms with Gasteiger partial charge in [-0.15, -0.1) is 11.3 Å². The van der Waals surface area contributed by atoms with Crippen LogP contribution < -0.4 is 4.74 Å². The number of hydrogen-bond donors (Lipinski definition) is 0. The van der Waals surface area contributed by atoms with Gasteiger partial charge >= 0.3 is 0 Å². The predicted molar refractivity (Wildman–Crippen MR) is 72.7 cm³/mol. The molecule has 1 aromatic carbocycles. The maximum atomic E-state index is 5.39. The summed E-state index contributed by atoms with van der Waals surface area (Å²) in [6.07, 6.45) is 3.57. The van der Waals surface area contributed by atoms with Gasteiger partial charge in [-0.2, -0.15) is 0 Å². The van der Waals surface area contributed by atoms with E-state index in [9.17, 15) is 0 Å². The van der Waals surface area contributed by atoms with E-state index in [4.69, 9.17) is 4.74 Å². The molecule has 0 aliphatic rings. The third-order valence-electron chi connectivity index (χ3n) is 2.79. The topological polar surface area (TPSA) is 22.1 Å². The summed E-state index contributed by atoms with van der Waals surface area (Å²) in [6, 6.07) is 6.38. The number of methoxy groups -OCH3 is 1. The third-order valence-corrected chi connectivity index (χ3v) is 3.38. The van der Waals surface area contributed by atoms with E-state index < -0.39 is 0 Å². The Morgan fingerprint density at radius 2 is 2.24 bits per heavy atom. The van der Waals surface area contributed by atoms with Gasteiger partial charge in [0, 0.05) is 10.9 Å². The molecule has 0 N–H and O–H groups in total. The van der Waals surface area contributed by atoms with E-state index in [0.29, 0.717) is 0 Å². The number of benzene rings is 1. The Morgan fingerprint density at radius 3 is 2.88 bits per heavy atom. The second kappa shape index (κ2) is 5.82. The minimum atomic E-state index is 0.899. The van der Waals surface area contributed by atoms with Gasteiger partial charge in [0.05, 0.1) is 18.3 Å². The molecule has 0 amide bonds. The number of ether oxygens (including phenoxy) is 1. The van der Waals surface area contributed by atoms with E-state index in [0.717, 1.165) is 23.4 Å². The second-order valence-electron chi connectivity index (χ2n) is 4.01. The van der Waals surface area contributed by atoms with Gasteiger partial charge in [0.1, 0.15) is 5.75 Å². The van der Waals surface area contributed by atoms with Crippen molar-refractivity contribution in [1.29, 1.82) is 0 Å². The maximum Gasteiger partial charge on any atom is 0.128 e. The monoisotopic (exact) mass is 247 g/mol. The van der Waals surface area contributed by atoms with Gasteiger partial charge in [0.2, 0.25) is 0 Å². The molecule has 0 bridgehead atoms. The minimum Gasteiger partial charge on any atom is -0.496 e. The standard InChI is InChI=1S/C14H17NOS/c1-3-4-5-11-6-7-14(16-2)12(8-11)13-9-17-10-15-13/h6-10H,3-5H2,1-2H3. The molecule has 17 heavy (non-hydrogen) atoms. The van der Waals surface area contributed by atoms with Gasteiger partial charge in [-0.3, -0.25) is 0 Å². The molecule has 0 aliphatic carbocycles. The van der Waals surface area contributed by atoms with Gasteiger partial charge in [-0.05, 0) is 30.5 Å². The molecule has 0 aliphatic heterocycles. The van der Waals surface area contributed by atoms with E-state index in [-0.39, 0.29) is 0 Å². The molecule has 0 saturated carbocycles. The fraction of sp³-hybridized carbons (Fsp3) is 0.357. The molecule has 0 saturated heterocycles. The van der Waals surface area contributed by atoms with Crippen LogP contribution in [-0.4, -0.2) is 12.1 Å². The predicted octanol–water partition coefficient (Wildman–Crippen LogP) is 4.16. The summed E-state index contributed by atoms with van der Waals surface area (Å²) in [6.45, 7) is 2.21. The summed E-state index contributed by atoms with van der Waals surface area (Å²) >= 11 is 1.61. The van der Waals surface area contributed by atoms with Gasteiger partial charge in [-0.1, -0.05) is 19.4 Å². The second-order valence-corrected chi connectivity index (χ2v) is 4.73. The number of unbranched alkanes of at least 4 members (excludes halogenated alkanes) is 1. The molecular formula is C14H17NOS. The molecule has 3 heteroatoms. The van der Waals surface area contributed by atoms with Gasteiger partial charge < -0.3 is 4.74 Å². The number of hydrogen-bond acceptors (Lipinski definition) is 3. The van der Waals surface area contributed by atoms with Crippen molar-refractivity contribution in [3.05, 3.63) is 34.7 Å². The number of aryl methyl sites for hydroxylation is 1. The van der Waals surface area contributed by atoms with Crippen LogP contribution >= 0.6 is 11.3 Å². The summed E-state index contributed by atoms with van der Waals surface area (Å²) in [5.41, 5.74) is 5.32. The first-order valence-corrected chi connectivity index (χ1v) is 6.85. The first-order chi connectivity index (χ1) is 8.35. The average molecular weight is 247 g/mol. The summed E-state index contributed by atoms with van der Waals surface area (Å²) < 4.78 is 5.39. The molecule has 0 unspecified atom stereocenters. The molecule has 0 spiro atoms. The van der Waals surface area contributed by atoms with Crippen molar-refractivity contribution in [2.75, 3.05) is 7.11 Å². The van der Waals surface area contributed by atoms with Crippen LogP contribution in [0.2, 0.25) is 0 Å². The minimum absolute atomic E-state index is 0.899. The quantitative estimate of drug-likeness (QED) is 0.791. The zero-order chi connectivity index (χ0) is 12.1. The van der Waals surface area contributed by atoms with Crippen LogP contribution in [0.5, 0.6) is 5.75 Å². The van der Waals surface area contributed by atoms with Gasteiger partial charge in [0.25, 0.3) is 0 Å². The fourth-order valence-electron chi connectivity index (χ4n) is 1.84. The Balaban J connectivity index is 2.33. The normalized spacial score (nSPS) is 10.5. The fourth-order valence-corrected chi connectivity index (χ4v) is 2.39. The zero-order valence-corrected chi connectivity index (χ0v) is 11.1. The molecule has 0 atom stereocenters.